The van der Waals surface area contributed by atoms with E-state index in [-0.39, 0.29) is 22.0 Å². The van der Waals surface area contributed by atoms with Crippen LogP contribution in [-0.4, -0.2) is 20.8 Å². The van der Waals surface area contributed by atoms with E-state index in [1.807, 2.05) is 0 Å². The fraction of sp³-hybridized carbons (Fsp3) is 0. The van der Waals surface area contributed by atoms with Gasteiger partial charge in [-0.1, -0.05) is 11.6 Å². The van der Waals surface area contributed by atoms with Crippen molar-refractivity contribution < 1.29 is 9.72 Å². The van der Waals surface area contributed by atoms with Crippen molar-refractivity contribution in [2.75, 3.05) is 11.1 Å². The van der Waals surface area contributed by atoms with Crippen LogP contribution in [0.15, 0.2) is 30.9 Å². The molecule has 1 aromatic heterocycles. The van der Waals surface area contributed by atoms with Crippen LogP contribution in [0.2, 0.25) is 5.02 Å². The van der Waals surface area contributed by atoms with Crippen molar-refractivity contribution in [3.05, 3.63) is 51.6 Å². The molecule has 2 rings (SSSR count). The molecule has 0 aliphatic rings. The number of benzene rings is 1. The molecule has 0 aliphatic carbocycles. The first kappa shape index (κ1) is 13.7. The lowest BCUT2D eigenvalue weighted by Gasteiger charge is -2.08. The monoisotopic (exact) mass is 293 g/mol. The number of amides is 1. The van der Waals surface area contributed by atoms with E-state index in [9.17, 15) is 14.9 Å². The van der Waals surface area contributed by atoms with Gasteiger partial charge in [-0.2, -0.15) is 0 Å². The van der Waals surface area contributed by atoms with E-state index in [0.717, 1.165) is 12.1 Å². The number of halogens is 1. The van der Waals surface area contributed by atoms with Crippen molar-refractivity contribution in [2.45, 2.75) is 0 Å². The Labute approximate surface area is 117 Å². The molecule has 0 aliphatic heterocycles. The Bertz CT molecular complexity index is 677. The Hall–Kier alpha value is -2.74. The van der Waals surface area contributed by atoms with Crippen LogP contribution >= 0.6 is 11.6 Å². The first-order valence-corrected chi connectivity index (χ1v) is 5.66. The molecule has 0 unspecified atom stereocenters. The van der Waals surface area contributed by atoms with E-state index in [1.54, 1.807) is 0 Å². The average Bonchev–Trinajstić information content (AvgIpc) is 2.42. The van der Waals surface area contributed by atoms with E-state index in [0.29, 0.717) is 5.69 Å². The van der Waals surface area contributed by atoms with Crippen LogP contribution in [0.5, 0.6) is 0 Å². The summed E-state index contributed by atoms with van der Waals surface area (Å²) in [6.07, 6.45) is 4.05. The molecule has 0 atom stereocenters. The van der Waals surface area contributed by atoms with Gasteiger partial charge in [0.1, 0.15) is 6.33 Å². The quantitative estimate of drug-likeness (QED) is 0.505. The summed E-state index contributed by atoms with van der Waals surface area (Å²) in [6, 6.07) is 2.14. The number of anilines is 2. The molecule has 8 nitrogen and oxygen atoms in total. The Morgan fingerprint density at radius 1 is 1.35 bits per heavy atom. The molecular formula is C11H8ClN5O3. The lowest BCUT2D eigenvalue weighted by Crippen LogP contribution is -2.15. The minimum atomic E-state index is -0.659. The normalized spacial score (nSPS) is 10.1. The van der Waals surface area contributed by atoms with Crippen LogP contribution in [-0.2, 0) is 0 Å². The predicted octanol–water partition coefficient (Wildman–Crippen LogP) is 1.87. The van der Waals surface area contributed by atoms with Gasteiger partial charge in [0.2, 0.25) is 0 Å². The van der Waals surface area contributed by atoms with Crippen molar-refractivity contribution in [1.82, 2.24) is 9.97 Å². The molecule has 3 N–H and O–H groups in total. The summed E-state index contributed by atoms with van der Waals surface area (Å²) >= 11 is 5.78. The fourth-order valence-corrected chi connectivity index (χ4v) is 1.67. The lowest BCUT2D eigenvalue weighted by molar-refractivity contribution is -0.384. The van der Waals surface area contributed by atoms with E-state index in [1.165, 1.54) is 18.7 Å². The summed E-state index contributed by atoms with van der Waals surface area (Å²) < 4.78 is 0. The molecule has 9 heteroatoms. The summed E-state index contributed by atoms with van der Waals surface area (Å²) in [5, 5.41) is 13.2. The van der Waals surface area contributed by atoms with Crippen LogP contribution in [0.3, 0.4) is 0 Å². The zero-order valence-corrected chi connectivity index (χ0v) is 10.7. The van der Waals surface area contributed by atoms with E-state index in [4.69, 9.17) is 17.3 Å². The first-order chi connectivity index (χ1) is 9.49. The summed E-state index contributed by atoms with van der Waals surface area (Å²) in [4.78, 5) is 29.6. The van der Waals surface area contributed by atoms with Gasteiger partial charge in [0.15, 0.2) is 0 Å². The van der Waals surface area contributed by atoms with Gasteiger partial charge in [-0.05, 0) is 0 Å². The Morgan fingerprint density at radius 2 is 2.00 bits per heavy atom. The number of nitrogens with one attached hydrogen (secondary N) is 1. The Kier molecular flexibility index (Phi) is 3.76. The number of carbonyl (C=O) groups excluding carboxylic acids is 1. The lowest BCUT2D eigenvalue weighted by atomic mass is 10.1. The topological polar surface area (TPSA) is 124 Å². The van der Waals surface area contributed by atoms with Crippen LogP contribution in [0.1, 0.15) is 10.4 Å². The number of nitrogens with zero attached hydrogens (tertiary/aromatic N) is 3. The second-order valence-corrected chi connectivity index (χ2v) is 4.13. The molecule has 20 heavy (non-hydrogen) atoms. The highest BCUT2D eigenvalue weighted by Gasteiger charge is 2.19. The number of non-ortho nitro benzene ring substituents is 1. The minimum absolute atomic E-state index is 0.0355. The van der Waals surface area contributed by atoms with Crippen LogP contribution in [0.4, 0.5) is 17.1 Å². The number of hydrogen-bond donors (Lipinski definition) is 2. The average molecular weight is 294 g/mol. The molecule has 0 radical (unpaired) electrons. The molecular weight excluding hydrogens is 286 g/mol. The number of hydrogen-bond acceptors (Lipinski definition) is 6. The van der Waals surface area contributed by atoms with Gasteiger partial charge in [0.05, 0.1) is 39.3 Å². The van der Waals surface area contributed by atoms with Crippen LogP contribution in [0, 0.1) is 10.1 Å². The number of rotatable bonds is 3. The molecule has 0 spiro atoms. The van der Waals surface area contributed by atoms with Crippen molar-refractivity contribution in [2.24, 2.45) is 0 Å². The molecule has 1 amide bonds. The largest absolute Gasteiger partial charge is 0.397 e. The van der Waals surface area contributed by atoms with Gasteiger partial charge in [-0.25, -0.2) is 9.97 Å². The number of nitrogen functional groups attached to an aromatic ring is 1. The van der Waals surface area contributed by atoms with Gasteiger partial charge < -0.3 is 11.1 Å². The van der Waals surface area contributed by atoms with Crippen molar-refractivity contribution in [3.8, 4) is 0 Å². The standard InChI is InChI=1S/C11H8ClN5O3/c12-9-2-7(17(19)20)1-8(10(9)13)11(18)16-6-3-14-5-15-4-6/h1-5H,13H2,(H,16,18). The summed E-state index contributed by atoms with van der Waals surface area (Å²) in [5.41, 5.74) is 5.55. The van der Waals surface area contributed by atoms with Gasteiger partial charge in [-0.3, -0.25) is 14.9 Å². The maximum atomic E-state index is 12.0. The Balaban J connectivity index is 2.36. The van der Waals surface area contributed by atoms with Crippen molar-refractivity contribution in [3.63, 3.8) is 0 Å². The number of nitro benzene ring substituents is 1. The summed E-state index contributed by atoms with van der Waals surface area (Å²) in [5.74, 6) is -0.636. The smallest absolute Gasteiger partial charge is 0.271 e. The van der Waals surface area contributed by atoms with E-state index < -0.39 is 10.8 Å². The zero-order valence-electron chi connectivity index (χ0n) is 9.91. The number of nitro groups is 1. The maximum absolute atomic E-state index is 12.0. The highest BCUT2D eigenvalue weighted by molar-refractivity contribution is 6.34. The van der Waals surface area contributed by atoms with E-state index >= 15 is 0 Å². The molecule has 0 bridgehead atoms. The van der Waals surface area contributed by atoms with Gasteiger partial charge >= 0.3 is 0 Å². The van der Waals surface area contributed by atoms with Crippen LogP contribution < -0.4 is 11.1 Å². The molecule has 102 valence electrons. The molecule has 0 saturated heterocycles. The highest BCUT2D eigenvalue weighted by atomic mass is 35.5. The minimum Gasteiger partial charge on any atom is -0.397 e. The first-order valence-electron chi connectivity index (χ1n) is 5.29. The van der Waals surface area contributed by atoms with Gasteiger partial charge in [0, 0.05) is 12.1 Å². The van der Waals surface area contributed by atoms with Crippen molar-refractivity contribution >= 4 is 34.6 Å². The fourth-order valence-electron chi connectivity index (χ4n) is 1.46. The number of nitrogens with two attached hydrogens (primary N) is 1. The third-order valence-electron chi connectivity index (χ3n) is 2.39. The molecule has 0 fully saturated rings. The summed E-state index contributed by atoms with van der Waals surface area (Å²) in [6.45, 7) is 0. The molecule has 1 aromatic carbocycles. The zero-order chi connectivity index (χ0) is 14.7. The second kappa shape index (κ2) is 5.49. The third kappa shape index (κ3) is 2.81. The third-order valence-corrected chi connectivity index (χ3v) is 2.70. The number of aromatic nitrogens is 2. The van der Waals surface area contributed by atoms with Crippen LogP contribution in [0.25, 0.3) is 0 Å². The molecule has 1 heterocycles. The van der Waals surface area contributed by atoms with E-state index in [2.05, 4.69) is 15.3 Å². The molecule has 2 aromatic rings. The highest BCUT2D eigenvalue weighted by Crippen LogP contribution is 2.29. The van der Waals surface area contributed by atoms with Gasteiger partial charge in [0.25, 0.3) is 11.6 Å². The van der Waals surface area contributed by atoms with Crippen molar-refractivity contribution in [1.29, 1.82) is 0 Å². The SMILES string of the molecule is Nc1c(Cl)cc([N+](=O)[O-])cc1C(=O)Nc1cncnc1. The predicted molar refractivity (Wildman–Crippen MR) is 72.5 cm³/mol. The second-order valence-electron chi connectivity index (χ2n) is 3.73. The molecule has 0 saturated carbocycles. The summed E-state index contributed by atoms with van der Waals surface area (Å²) in [7, 11) is 0. The number of carbonyl (C=O) groups is 1. The Morgan fingerprint density at radius 3 is 2.60 bits per heavy atom. The maximum Gasteiger partial charge on any atom is 0.271 e. The van der Waals surface area contributed by atoms with Gasteiger partial charge in [-0.15, -0.1) is 0 Å².